The third-order valence-corrected chi connectivity index (χ3v) is 1.11. The molecule has 0 aliphatic heterocycles. The van der Waals surface area contributed by atoms with E-state index in [1.54, 1.807) is 0 Å². The average Bonchev–Trinajstić information content (AvgIpc) is 2.06. The summed E-state index contributed by atoms with van der Waals surface area (Å²) in [5.41, 5.74) is 0. The molecule has 0 bridgehead atoms. The van der Waals surface area contributed by atoms with Crippen LogP contribution in [-0.4, -0.2) is 12.8 Å². The van der Waals surface area contributed by atoms with Gasteiger partial charge in [-0.3, -0.25) is 0 Å². The molecule has 1 radical (unpaired) electrons. The summed E-state index contributed by atoms with van der Waals surface area (Å²) in [6.45, 7) is -1.83. The molecule has 1 rings (SSSR count). The van der Waals surface area contributed by atoms with Gasteiger partial charge in [0, 0.05) is 0 Å². The summed E-state index contributed by atoms with van der Waals surface area (Å²) in [5, 5.41) is 0. The predicted molar refractivity (Wildman–Crippen MR) is 36.8 cm³/mol. The number of alkyl halides is 3. The van der Waals surface area contributed by atoms with E-state index in [1.165, 1.54) is 24.3 Å². The summed E-state index contributed by atoms with van der Waals surface area (Å²) in [4.78, 5) is 0. The van der Waals surface area contributed by atoms with Crippen molar-refractivity contribution >= 4 is 0 Å². The lowest BCUT2D eigenvalue weighted by molar-refractivity contribution is -0.186. The van der Waals surface area contributed by atoms with Crippen LogP contribution in [0.1, 0.15) is 0 Å². The molecule has 1 nitrogen and oxygen atoms in total. The molecule has 0 atom stereocenters. The quantitative estimate of drug-likeness (QED) is 0.685. The van der Waals surface area contributed by atoms with Crippen LogP contribution in [0.25, 0.3) is 0 Å². The second-order valence-corrected chi connectivity index (χ2v) is 2.11. The Hall–Kier alpha value is -1.19. The van der Waals surface area contributed by atoms with Gasteiger partial charge in [0.15, 0.2) is 6.67 Å². The van der Waals surface area contributed by atoms with Gasteiger partial charge in [0.2, 0.25) is 0 Å². The Morgan fingerprint density at radius 1 is 1.33 bits per heavy atom. The van der Waals surface area contributed by atoms with Crippen molar-refractivity contribution in [2.75, 3.05) is 6.67 Å². The maximum Gasteiger partial charge on any atom is 0.427 e. The molecule has 0 unspecified atom stereocenters. The first kappa shape index (κ1) is 8.90. The molecule has 0 saturated heterocycles. The van der Waals surface area contributed by atoms with E-state index in [-0.39, 0.29) is 5.75 Å². The van der Waals surface area contributed by atoms with Crippen molar-refractivity contribution in [3.05, 3.63) is 30.3 Å². The fourth-order valence-corrected chi connectivity index (χ4v) is 0.639. The number of benzene rings is 1. The molecular weight excluding hydrogens is 169 g/mol. The molecule has 0 aliphatic carbocycles. The highest BCUT2D eigenvalue weighted by Gasteiger charge is 2.31. The first-order valence-electron chi connectivity index (χ1n) is 3.23. The molecule has 0 fully saturated rings. The van der Waals surface area contributed by atoms with E-state index in [1.807, 2.05) is 0 Å². The van der Waals surface area contributed by atoms with Crippen molar-refractivity contribution < 1.29 is 17.9 Å². The van der Waals surface area contributed by atoms with Gasteiger partial charge in [0.05, 0.1) is 0 Å². The van der Waals surface area contributed by atoms with Crippen LogP contribution in [0.3, 0.4) is 0 Å². The molecule has 4 heteroatoms. The molecule has 0 saturated carbocycles. The van der Waals surface area contributed by atoms with Crippen LogP contribution < -0.4 is 4.74 Å². The van der Waals surface area contributed by atoms with Crippen LogP contribution in [0.15, 0.2) is 24.3 Å². The molecule has 0 amide bonds. The third kappa shape index (κ3) is 2.45. The van der Waals surface area contributed by atoms with Gasteiger partial charge >= 0.3 is 6.11 Å². The molecule has 0 aliphatic rings. The van der Waals surface area contributed by atoms with Crippen molar-refractivity contribution in [1.82, 2.24) is 0 Å². The fourth-order valence-electron chi connectivity index (χ4n) is 0.639. The lowest BCUT2D eigenvalue weighted by Gasteiger charge is -2.13. The highest BCUT2D eigenvalue weighted by atomic mass is 19.3. The van der Waals surface area contributed by atoms with Crippen LogP contribution >= 0.6 is 0 Å². The van der Waals surface area contributed by atoms with E-state index in [0.717, 1.165) is 0 Å². The molecule has 0 heterocycles. The summed E-state index contributed by atoms with van der Waals surface area (Å²) < 4.78 is 40.1. The second-order valence-electron chi connectivity index (χ2n) is 2.11. The lowest BCUT2D eigenvalue weighted by atomic mass is 10.3. The Morgan fingerprint density at radius 3 is 2.42 bits per heavy atom. The van der Waals surface area contributed by atoms with Crippen LogP contribution in [0.2, 0.25) is 0 Å². The Bertz CT molecular complexity index is 235. The zero-order chi connectivity index (χ0) is 9.03. The van der Waals surface area contributed by atoms with Crippen LogP contribution in [0, 0.1) is 6.07 Å². The van der Waals surface area contributed by atoms with Gasteiger partial charge in [-0.25, -0.2) is 4.39 Å². The van der Waals surface area contributed by atoms with E-state index in [2.05, 4.69) is 10.8 Å². The molecular formula is C8H6F3O. The number of halogens is 3. The Balaban J connectivity index is 2.64. The van der Waals surface area contributed by atoms with Crippen molar-refractivity contribution in [3.8, 4) is 5.75 Å². The molecule has 0 N–H and O–H groups in total. The van der Waals surface area contributed by atoms with E-state index < -0.39 is 12.8 Å². The fraction of sp³-hybridized carbons (Fsp3) is 0.250. The summed E-state index contributed by atoms with van der Waals surface area (Å²) in [5.74, 6) is -0.0728. The Kier molecular flexibility index (Phi) is 2.58. The normalized spacial score (nSPS) is 11.2. The zero-order valence-corrected chi connectivity index (χ0v) is 6.06. The number of hydrogen-bond donors (Lipinski definition) is 0. The largest absolute Gasteiger partial charge is 0.431 e. The van der Waals surface area contributed by atoms with Gasteiger partial charge in [-0.1, -0.05) is 12.1 Å². The van der Waals surface area contributed by atoms with Crippen molar-refractivity contribution in [2.24, 2.45) is 0 Å². The van der Waals surface area contributed by atoms with Crippen molar-refractivity contribution in [1.29, 1.82) is 0 Å². The number of rotatable bonds is 3. The molecule has 65 valence electrons. The van der Waals surface area contributed by atoms with Crippen molar-refractivity contribution in [3.63, 3.8) is 0 Å². The van der Waals surface area contributed by atoms with Gasteiger partial charge in [0.25, 0.3) is 0 Å². The summed E-state index contributed by atoms with van der Waals surface area (Å²) in [6.07, 6.45) is -3.73. The third-order valence-electron chi connectivity index (χ3n) is 1.11. The average molecular weight is 175 g/mol. The maximum atomic E-state index is 12.2. The minimum Gasteiger partial charge on any atom is -0.431 e. The van der Waals surface area contributed by atoms with E-state index in [0.29, 0.717) is 0 Å². The van der Waals surface area contributed by atoms with Gasteiger partial charge in [-0.15, -0.1) is 0 Å². The molecule has 0 aromatic heterocycles. The van der Waals surface area contributed by atoms with Gasteiger partial charge in [-0.05, 0) is 18.2 Å². The topological polar surface area (TPSA) is 9.23 Å². The van der Waals surface area contributed by atoms with Gasteiger partial charge < -0.3 is 4.74 Å². The smallest absolute Gasteiger partial charge is 0.427 e. The van der Waals surface area contributed by atoms with Crippen molar-refractivity contribution in [2.45, 2.75) is 6.11 Å². The Labute approximate surface area is 67.8 Å². The number of hydrogen-bond acceptors (Lipinski definition) is 1. The summed E-state index contributed by atoms with van der Waals surface area (Å²) >= 11 is 0. The van der Waals surface area contributed by atoms with Gasteiger partial charge in [-0.2, -0.15) is 8.78 Å². The highest BCUT2D eigenvalue weighted by molar-refractivity contribution is 5.20. The standard InChI is InChI=1S/C8H6F3O/c9-6-8(10,11)12-7-4-2-1-3-5-7/h2-5H,6H2. The second kappa shape index (κ2) is 3.47. The summed E-state index contributed by atoms with van der Waals surface area (Å²) in [7, 11) is 0. The lowest BCUT2D eigenvalue weighted by Crippen LogP contribution is -2.26. The molecule has 1 aromatic carbocycles. The van der Waals surface area contributed by atoms with E-state index in [9.17, 15) is 13.2 Å². The summed E-state index contributed by atoms with van der Waals surface area (Å²) in [6, 6.07) is 7.99. The minimum absolute atomic E-state index is 0.0728. The number of ether oxygens (including phenoxy) is 1. The highest BCUT2D eigenvalue weighted by Crippen LogP contribution is 2.20. The van der Waals surface area contributed by atoms with Crippen LogP contribution in [-0.2, 0) is 0 Å². The molecule has 1 aromatic rings. The first-order chi connectivity index (χ1) is 5.64. The first-order valence-corrected chi connectivity index (χ1v) is 3.23. The zero-order valence-electron chi connectivity index (χ0n) is 6.06. The van der Waals surface area contributed by atoms with Crippen LogP contribution in [0.4, 0.5) is 13.2 Å². The Morgan fingerprint density at radius 2 is 1.92 bits per heavy atom. The van der Waals surface area contributed by atoms with E-state index in [4.69, 9.17) is 0 Å². The van der Waals surface area contributed by atoms with Gasteiger partial charge in [0.1, 0.15) is 5.75 Å². The predicted octanol–water partition coefficient (Wildman–Crippen LogP) is 2.43. The minimum atomic E-state index is -3.73. The monoisotopic (exact) mass is 175 g/mol. The molecule has 0 spiro atoms. The molecule has 12 heavy (non-hydrogen) atoms. The SMILES string of the molecule is FCC(F)(F)Oc1cc[c]cc1. The van der Waals surface area contributed by atoms with E-state index >= 15 is 0 Å². The van der Waals surface area contributed by atoms with Crippen LogP contribution in [0.5, 0.6) is 5.75 Å². The maximum absolute atomic E-state index is 12.2.